The van der Waals surface area contributed by atoms with Crippen LogP contribution in [0.1, 0.15) is 36.2 Å². The minimum absolute atomic E-state index is 0.0198. The van der Waals surface area contributed by atoms with Crippen LogP contribution in [0.25, 0.3) is 0 Å². The smallest absolute Gasteiger partial charge is 0.256 e. The molecular weight excluding hydrogens is 245 g/mol. The van der Waals surface area contributed by atoms with Gasteiger partial charge in [0, 0.05) is 25.1 Å². The summed E-state index contributed by atoms with van der Waals surface area (Å²) >= 11 is 0. The molecule has 102 valence electrons. The largest absolute Gasteiger partial charge is 0.395 e. The molecule has 0 aliphatic heterocycles. The molecule has 4 heteroatoms. The monoisotopic (exact) mass is 263 g/mol. The van der Waals surface area contributed by atoms with Crippen LogP contribution >= 0.6 is 0 Å². The predicted molar refractivity (Wildman–Crippen MR) is 72.2 cm³/mol. The summed E-state index contributed by atoms with van der Waals surface area (Å²) in [6.07, 6.45) is 0.349. The minimum atomic E-state index is -0.562. The van der Waals surface area contributed by atoms with Crippen molar-refractivity contribution in [2.75, 3.05) is 19.7 Å². The van der Waals surface area contributed by atoms with Crippen molar-refractivity contribution in [1.29, 1.82) is 0 Å². The standard InChI is InChI=1S/C15H18FNO2/c1-3-17(4-2)15(19)13-9-8-12(11-14(13)16)7-5-6-10-18/h8-9,11,18H,3-4,6,10H2,1-2H3. The minimum Gasteiger partial charge on any atom is -0.395 e. The topological polar surface area (TPSA) is 40.5 Å². The van der Waals surface area contributed by atoms with Crippen LogP contribution in [0.15, 0.2) is 18.2 Å². The predicted octanol–water partition coefficient (Wildman–Crippen LogP) is 2.04. The summed E-state index contributed by atoms with van der Waals surface area (Å²) in [4.78, 5) is 13.6. The maximum atomic E-state index is 13.9. The number of hydrogen-bond acceptors (Lipinski definition) is 2. The van der Waals surface area contributed by atoms with Crippen LogP contribution in [0.2, 0.25) is 0 Å². The van der Waals surface area contributed by atoms with E-state index in [9.17, 15) is 9.18 Å². The fourth-order valence-electron chi connectivity index (χ4n) is 1.67. The number of carbonyl (C=O) groups excluding carboxylic acids is 1. The van der Waals surface area contributed by atoms with E-state index >= 15 is 0 Å². The van der Waals surface area contributed by atoms with E-state index in [-0.39, 0.29) is 18.1 Å². The van der Waals surface area contributed by atoms with E-state index in [1.54, 1.807) is 11.0 Å². The number of amides is 1. The molecule has 3 nitrogen and oxygen atoms in total. The molecule has 0 bridgehead atoms. The van der Waals surface area contributed by atoms with Crippen molar-refractivity contribution in [3.05, 3.63) is 35.1 Å². The number of benzene rings is 1. The van der Waals surface area contributed by atoms with Crippen molar-refractivity contribution in [2.24, 2.45) is 0 Å². The third kappa shape index (κ3) is 4.08. The highest BCUT2D eigenvalue weighted by molar-refractivity contribution is 5.94. The van der Waals surface area contributed by atoms with Gasteiger partial charge in [-0.3, -0.25) is 4.79 Å². The highest BCUT2D eigenvalue weighted by atomic mass is 19.1. The molecule has 0 aromatic heterocycles. The molecule has 0 saturated carbocycles. The molecule has 1 N–H and O–H groups in total. The van der Waals surface area contributed by atoms with Crippen LogP contribution in [0.3, 0.4) is 0 Å². The van der Waals surface area contributed by atoms with Gasteiger partial charge in [-0.25, -0.2) is 4.39 Å². The van der Waals surface area contributed by atoms with E-state index in [0.717, 1.165) is 0 Å². The number of nitrogens with zero attached hydrogens (tertiary/aromatic N) is 1. The summed E-state index contributed by atoms with van der Waals surface area (Å²) in [6.45, 7) is 4.79. The first kappa shape index (κ1) is 15.2. The molecule has 1 amide bonds. The maximum Gasteiger partial charge on any atom is 0.256 e. The van der Waals surface area contributed by atoms with Crippen molar-refractivity contribution in [1.82, 2.24) is 4.90 Å². The lowest BCUT2D eigenvalue weighted by Gasteiger charge is -2.18. The van der Waals surface area contributed by atoms with Crippen LogP contribution in [0, 0.1) is 17.7 Å². The fraction of sp³-hybridized carbons (Fsp3) is 0.400. The molecule has 0 heterocycles. The van der Waals surface area contributed by atoms with Crippen molar-refractivity contribution in [2.45, 2.75) is 20.3 Å². The van der Waals surface area contributed by atoms with Crippen LogP contribution in [-0.4, -0.2) is 35.6 Å². The number of aliphatic hydroxyl groups excluding tert-OH is 1. The van der Waals surface area contributed by atoms with Gasteiger partial charge in [0.15, 0.2) is 0 Å². The molecule has 1 rings (SSSR count). The Labute approximate surface area is 113 Å². The first-order valence-corrected chi connectivity index (χ1v) is 6.32. The van der Waals surface area contributed by atoms with E-state index in [1.165, 1.54) is 12.1 Å². The number of aliphatic hydroxyl groups is 1. The van der Waals surface area contributed by atoms with Gasteiger partial charge in [0.2, 0.25) is 0 Å². The van der Waals surface area contributed by atoms with E-state index in [1.807, 2.05) is 13.8 Å². The third-order valence-electron chi connectivity index (χ3n) is 2.72. The van der Waals surface area contributed by atoms with Gasteiger partial charge in [0.05, 0.1) is 12.2 Å². The molecule has 0 aliphatic carbocycles. The van der Waals surface area contributed by atoms with Gasteiger partial charge < -0.3 is 10.0 Å². The van der Waals surface area contributed by atoms with Gasteiger partial charge in [-0.2, -0.15) is 0 Å². The summed E-state index contributed by atoms with van der Waals surface area (Å²) in [5.41, 5.74) is 0.568. The molecule has 0 saturated heterocycles. The maximum absolute atomic E-state index is 13.9. The quantitative estimate of drug-likeness (QED) is 0.845. The Morgan fingerprint density at radius 1 is 1.37 bits per heavy atom. The second-order valence-corrected chi connectivity index (χ2v) is 3.95. The Balaban J connectivity index is 2.95. The van der Waals surface area contributed by atoms with Crippen molar-refractivity contribution >= 4 is 5.91 Å². The molecule has 0 radical (unpaired) electrons. The lowest BCUT2D eigenvalue weighted by Crippen LogP contribution is -2.31. The van der Waals surface area contributed by atoms with Crippen LogP contribution in [-0.2, 0) is 0 Å². The molecular formula is C15H18FNO2. The van der Waals surface area contributed by atoms with Gasteiger partial charge >= 0.3 is 0 Å². The number of carbonyl (C=O) groups is 1. The first-order valence-electron chi connectivity index (χ1n) is 6.32. The Hall–Kier alpha value is -1.86. The fourth-order valence-corrected chi connectivity index (χ4v) is 1.67. The number of halogens is 1. The second-order valence-electron chi connectivity index (χ2n) is 3.95. The second kappa shape index (κ2) is 7.55. The molecule has 0 unspecified atom stereocenters. The molecule has 0 atom stereocenters. The highest BCUT2D eigenvalue weighted by Crippen LogP contribution is 2.12. The van der Waals surface area contributed by atoms with Crippen molar-refractivity contribution < 1.29 is 14.3 Å². The normalized spacial score (nSPS) is 9.68. The average molecular weight is 263 g/mol. The molecule has 19 heavy (non-hydrogen) atoms. The molecule has 0 aliphatic rings. The summed E-state index contributed by atoms with van der Waals surface area (Å²) in [6, 6.07) is 4.32. The molecule has 0 fully saturated rings. The van der Waals surface area contributed by atoms with E-state index in [2.05, 4.69) is 11.8 Å². The van der Waals surface area contributed by atoms with Crippen LogP contribution in [0.5, 0.6) is 0 Å². The summed E-state index contributed by atoms with van der Waals surface area (Å²) in [5.74, 6) is 4.57. The third-order valence-corrected chi connectivity index (χ3v) is 2.72. The Kier molecular flexibility index (Phi) is 6.04. The van der Waals surface area contributed by atoms with Gasteiger partial charge in [-0.05, 0) is 32.0 Å². The SMILES string of the molecule is CCN(CC)C(=O)c1ccc(C#CCCO)cc1F. The van der Waals surface area contributed by atoms with Crippen LogP contribution < -0.4 is 0 Å². The Morgan fingerprint density at radius 3 is 2.58 bits per heavy atom. The van der Waals surface area contributed by atoms with Gasteiger partial charge in [-0.15, -0.1) is 0 Å². The van der Waals surface area contributed by atoms with Crippen molar-refractivity contribution in [3.8, 4) is 11.8 Å². The zero-order valence-corrected chi connectivity index (χ0v) is 11.2. The lowest BCUT2D eigenvalue weighted by atomic mass is 10.1. The van der Waals surface area contributed by atoms with E-state index in [0.29, 0.717) is 25.1 Å². The summed E-state index contributed by atoms with van der Waals surface area (Å²) in [5, 5.41) is 8.60. The van der Waals surface area contributed by atoms with E-state index < -0.39 is 5.82 Å². The van der Waals surface area contributed by atoms with Gasteiger partial charge in [0.25, 0.3) is 5.91 Å². The summed E-state index contributed by atoms with van der Waals surface area (Å²) < 4.78 is 13.9. The zero-order valence-electron chi connectivity index (χ0n) is 11.2. The van der Waals surface area contributed by atoms with Crippen molar-refractivity contribution in [3.63, 3.8) is 0 Å². The number of rotatable bonds is 4. The Bertz CT molecular complexity index is 499. The van der Waals surface area contributed by atoms with Gasteiger partial charge in [0.1, 0.15) is 5.82 Å². The Morgan fingerprint density at radius 2 is 2.05 bits per heavy atom. The molecule has 1 aromatic rings. The summed E-state index contributed by atoms with van der Waals surface area (Å²) in [7, 11) is 0. The highest BCUT2D eigenvalue weighted by Gasteiger charge is 2.16. The number of hydrogen-bond donors (Lipinski definition) is 1. The average Bonchev–Trinajstić information content (AvgIpc) is 2.40. The van der Waals surface area contributed by atoms with E-state index in [4.69, 9.17) is 5.11 Å². The first-order chi connectivity index (χ1) is 9.13. The van der Waals surface area contributed by atoms with Gasteiger partial charge in [-0.1, -0.05) is 11.8 Å². The molecule has 0 spiro atoms. The zero-order chi connectivity index (χ0) is 14.3. The molecule has 1 aromatic carbocycles. The van der Waals surface area contributed by atoms with Crippen LogP contribution in [0.4, 0.5) is 4.39 Å². The lowest BCUT2D eigenvalue weighted by molar-refractivity contribution is 0.0768.